The molecule has 2 aromatic rings. The minimum Gasteiger partial charge on any atom is -0.479 e. The molecule has 0 unspecified atom stereocenters. The predicted octanol–water partition coefficient (Wildman–Crippen LogP) is 2.90. The van der Waals surface area contributed by atoms with Crippen LogP contribution in [0.4, 0.5) is 5.69 Å². The lowest BCUT2D eigenvalue weighted by molar-refractivity contribution is -0.159. The van der Waals surface area contributed by atoms with Gasteiger partial charge in [0.05, 0.1) is 11.6 Å². The molecule has 2 aromatic carbocycles. The number of esters is 1. The summed E-state index contributed by atoms with van der Waals surface area (Å²) in [6, 6.07) is 17.3. The number of amides is 1. The molecule has 1 N–H and O–H groups in total. The molecule has 6 heteroatoms. The zero-order chi connectivity index (χ0) is 18.2. The third-order valence-electron chi connectivity index (χ3n) is 3.31. The van der Waals surface area contributed by atoms with Crippen molar-refractivity contribution < 1.29 is 19.1 Å². The van der Waals surface area contributed by atoms with E-state index >= 15 is 0 Å². The van der Waals surface area contributed by atoms with E-state index in [0.29, 0.717) is 17.0 Å². The van der Waals surface area contributed by atoms with Crippen molar-refractivity contribution in [3.05, 3.63) is 60.2 Å². The number of anilines is 1. The van der Waals surface area contributed by atoms with E-state index in [0.717, 1.165) is 0 Å². The van der Waals surface area contributed by atoms with E-state index in [2.05, 4.69) is 5.32 Å². The maximum Gasteiger partial charge on any atom is 0.347 e. The van der Waals surface area contributed by atoms with Crippen LogP contribution < -0.4 is 10.1 Å². The van der Waals surface area contributed by atoms with Gasteiger partial charge >= 0.3 is 5.97 Å². The van der Waals surface area contributed by atoms with Gasteiger partial charge in [-0.15, -0.1) is 0 Å². The number of para-hydroxylation sites is 1. The Bertz CT molecular complexity index is 784. The van der Waals surface area contributed by atoms with Crippen molar-refractivity contribution in [1.82, 2.24) is 0 Å². The zero-order valence-electron chi connectivity index (χ0n) is 13.9. The topological polar surface area (TPSA) is 88.4 Å². The van der Waals surface area contributed by atoms with E-state index in [1.165, 1.54) is 13.0 Å². The average Bonchev–Trinajstić information content (AvgIpc) is 2.62. The van der Waals surface area contributed by atoms with Crippen molar-refractivity contribution in [3.8, 4) is 11.8 Å². The molecule has 2 rings (SSSR count). The summed E-state index contributed by atoms with van der Waals surface area (Å²) in [4.78, 5) is 24.2. The predicted molar refractivity (Wildman–Crippen MR) is 91.9 cm³/mol. The maximum absolute atomic E-state index is 12.1. The van der Waals surface area contributed by atoms with E-state index in [1.54, 1.807) is 49.4 Å². The summed E-state index contributed by atoms with van der Waals surface area (Å²) in [7, 11) is 0. The second kappa shape index (κ2) is 8.50. The molecule has 128 valence electrons. The first-order valence-electron chi connectivity index (χ1n) is 7.73. The Morgan fingerprint density at radius 3 is 2.44 bits per heavy atom. The van der Waals surface area contributed by atoms with Gasteiger partial charge in [0.2, 0.25) is 0 Å². The monoisotopic (exact) mass is 338 g/mol. The zero-order valence-corrected chi connectivity index (χ0v) is 13.9. The van der Waals surface area contributed by atoms with Gasteiger partial charge < -0.3 is 14.8 Å². The van der Waals surface area contributed by atoms with E-state index in [-0.39, 0.29) is 0 Å². The summed E-state index contributed by atoms with van der Waals surface area (Å²) in [5, 5.41) is 11.5. The summed E-state index contributed by atoms with van der Waals surface area (Å²) in [6.07, 6.45) is -1.85. The molecule has 0 fully saturated rings. The van der Waals surface area contributed by atoms with Crippen molar-refractivity contribution in [2.24, 2.45) is 0 Å². The van der Waals surface area contributed by atoms with Gasteiger partial charge in [-0.05, 0) is 44.2 Å². The van der Waals surface area contributed by atoms with Crippen LogP contribution in [0.25, 0.3) is 0 Å². The first-order valence-corrected chi connectivity index (χ1v) is 7.73. The SMILES string of the molecule is C[C@H](OC(=O)[C@@H](C)Oc1ccccc1)C(=O)Nc1cccc(C#N)c1. The van der Waals surface area contributed by atoms with Gasteiger partial charge in [0, 0.05) is 5.69 Å². The second-order valence-electron chi connectivity index (χ2n) is 5.33. The van der Waals surface area contributed by atoms with E-state index in [1.807, 2.05) is 12.1 Å². The van der Waals surface area contributed by atoms with Crippen molar-refractivity contribution in [1.29, 1.82) is 5.26 Å². The molecule has 0 aromatic heterocycles. The lowest BCUT2D eigenvalue weighted by Gasteiger charge is -2.17. The number of nitriles is 1. The highest BCUT2D eigenvalue weighted by molar-refractivity contribution is 5.95. The smallest absolute Gasteiger partial charge is 0.347 e. The number of carbonyl (C=O) groups is 2. The molecule has 0 spiro atoms. The van der Waals surface area contributed by atoms with Gasteiger partial charge in [-0.3, -0.25) is 4.79 Å². The maximum atomic E-state index is 12.1. The van der Waals surface area contributed by atoms with Crippen LogP contribution in [-0.2, 0) is 14.3 Å². The van der Waals surface area contributed by atoms with Gasteiger partial charge in [-0.25, -0.2) is 4.79 Å². The fourth-order valence-electron chi connectivity index (χ4n) is 1.99. The molecule has 0 aliphatic heterocycles. The van der Waals surface area contributed by atoms with Gasteiger partial charge in [0.15, 0.2) is 12.2 Å². The fourth-order valence-corrected chi connectivity index (χ4v) is 1.99. The number of hydrogen-bond acceptors (Lipinski definition) is 5. The summed E-state index contributed by atoms with van der Waals surface area (Å²) < 4.78 is 10.6. The Morgan fingerprint density at radius 2 is 1.76 bits per heavy atom. The molecule has 0 radical (unpaired) electrons. The Hall–Kier alpha value is -3.33. The summed E-state index contributed by atoms with van der Waals surface area (Å²) in [5.74, 6) is -0.593. The lowest BCUT2D eigenvalue weighted by atomic mass is 10.2. The van der Waals surface area contributed by atoms with Crippen molar-refractivity contribution in [3.63, 3.8) is 0 Å². The second-order valence-corrected chi connectivity index (χ2v) is 5.33. The molecule has 6 nitrogen and oxygen atoms in total. The molecular formula is C19H18N2O4. The minimum absolute atomic E-state index is 0.423. The van der Waals surface area contributed by atoms with Crippen LogP contribution in [0.2, 0.25) is 0 Å². The van der Waals surface area contributed by atoms with Crippen LogP contribution in [0, 0.1) is 11.3 Å². The normalized spacial score (nSPS) is 12.4. The number of carbonyl (C=O) groups excluding carboxylic acids is 2. The van der Waals surface area contributed by atoms with Crippen LogP contribution in [0.15, 0.2) is 54.6 Å². The van der Waals surface area contributed by atoms with E-state index in [9.17, 15) is 9.59 Å². The Kier molecular flexibility index (Phi) is 6.13. The third kappa shape index (κ3) is 5.36. The number of ether oxygens (including phenoxy) is 2. The first kappa shape index (κ1) is 18.0. The average molecular weight is 338 g/mol. The fraction of sp³-hybridized carbons (Fsp3) is 0.211. The summed E-state index contributed by atoms with van der Waals surface area (Å²) in [6.45, 7) is 3.02. The highest BCUT2D eigenvalue weighted by atomic mass is 16.6. The van der Waals surface area contributed by atoms with Gasteiger partial charge in [0.25, 0.3) is 5.91 Å². The molecule has 25 heavy (non-hydrogen) atoms. The molecule has 0 saturated carbocycles. The van der Waals surface area contributed by atoms with Crippen LogP contribution >= 0.6 is 0 Å². The Balaban J connectivity index is 1.89. The van der Waals surface area contributed by atoms with E-state index in [4.69, 9.17) is 14.7 Å². The van der Waals surface area contributed by atoms with Crippen molar-refractivity contribution in [2.45, 2.75) is 26.1 Å². The summed E-state index contributed by atoms with van der Waals surface area (Å²) >= 11 is 0. The largest absolute Gasteiger partial charge is 0.479 e. The number of nitrogens with zero attached hydrogens (tertiary/aromatic N) is 1. The van der Waals surface area contributed by atoms with Gasteiger partial charge in [-0.1, -0.05) is 24.3 Å². The third-order valence-corrected chi connectivity index (χ3v) is 3.31. The molecule has 0 heterocycles. The molecule has 0 saturated heterocycles. The molecule has 0 aliphatic carbocycles. The number of rotatable bonds is 6. The number of hydrogen-bond donors (Lipinski definition) is 1. The van der Waals surface area contributed by atoms with Gasteiger partial charge in [-0.2, -0.15) is 5.26 Å². The lowest BCUT2D eigenvalue weighted by Crippen LogP contribution is -2.35. The Morgan fingerprint density at radius 1 is 1.04 bits per heavy atom. The first-order chi connectivity index (χ1) is 12.0. The van der Waals surface area contributed by atoms with Gasteiger partial charge in [0.1, 0.15) is 5.75 Å². The standard InChI is InChI=1S/C19H18N2O4/c1-13(18(22)21-16-8-6-7-15(11-16)12-20)25-19(23)14(2)24-17-9-4-3-5-10-17/h3-11,13-14H,1-2H3,(H,21,22)/t13-,14+/m0/s1. The highest BCUT2D eigenvalue weighted by Gasteiger charge is 2.23. The van der Waals surface area contributed by atoms with Crippen molar-refractivity contribution in [2.75, 3.05) is 5.32 Å². The highest BCUT2D eigenvalue weighted by Crippen LogP contribution is 2.13. The molecule has 2 atom stereocenters. The molecule has 0 aliphatic rings. The van der Waals surface area contributed by atoms with Crippen LogP contribution in [0.1, 0.15) is 19.4 Å². The van der Waals surface area contributed by atoms with Crippen molar-refractivity contribution >= 4 is 17.6 Å². The minimum atomic E-state index is -1.000. The molecule has 0 bridgehead atoms. The van der Waals surface area contributed by atoms with Crippen LogP contribution in [0.3, 0.4) is 0 Å². The van der Waals surface area contributed by atoms with E-state index < -0.39 is 24.1 Å². The number of benzene rings is 2. The quantitative estimate of drug-likeness (QED) is 0.818. The summed E-state index contributed by atoms with van der Waals surface area (Å²) in [5.41, 5.74) is 0.882. The van der Waals surface area contributed by atoms with Crippen LogP contribution in [0.5, 0.6) is 5.75 Å². The molecular weight excluding hydrogens is 320 g/mol. The van der Waals surface area contributed by atoms with Crippen LogP contribution in [-0.4, -0.2) is 24.1 Å². The molecule has 1 amide bonds. The number of nitrogens with one attached hydrogen (secondary N) is 1. The Labute approximate surface area is 146 Å².